The number of carboxylic acid groups (broad SMARTS) is 1. The van der Waals surface area contributed by atoms with Crippen molar-refractivity contribution in [3.05, 3.63) is 135 Å². The van der Waals surface area contributed by atoms with Gasteiger partial charge in [-0.25, -0.2) is 24.4 Å². The van der Waals surface area contributed by atoms with Gasteiger partial charge in [0.05, 0.1) is 0 Å². The van der Waals surface area contributed by atoms with Crippen LogP contribution in [0.25, 0.3) is 5.78 Å². The Morgan fingerprint density at radius 2 is 1.68 bits per heavy atom. The van der Waals surface area contributed by atoms with Crippen molar-refractivity contribution in [1.82, 2.24) is 34.8 Å². The number of anilines is 1. The van der Waals surface area contributed by atoms with E-state index in [2.05, 4.69) is 30.5 Å². The number of thiazole rings is 1. The summed E-state index contributed by atoms with van der Waals surface area (Å²) in [5.41, 5.74) is 8.10. The molecule has 0 saturated carbocycles. The van der Waals surface area contributed by atoms with Gasteiger partial charge in [-0.15, -0.1) is 40.0 Å². The van der Waals surface area contributed by atoms with Gasteiger partial charge in [-0.3, -0.25) is 14.5 Å². The molecular formula is C48H45N9O11S3. The first-order chi connectivity index (χ1) is 33.8. The summed E-state index contributed by atoms with van der Waals surface area (Å²) >= 11 is 3.64. The number of nitrogens with zero attached hydrogens (tertiary/aromatic N) is 7. The van der Waals surface area contributed by atoms with Crippen molar-refractivity contribution in [3.63, 3.8) is 0 Å². The van der Waals surface area contributed by atoms with Crippen LogP contribution in [0.3, 0.4) is 0 Å². The molecule has 0 spiro atoms. The van der Waals surface area contributed by atoms with Gasteiger partial charge in [0.2, 0.25) is 5.79 Å². The molecule has 3 aromatic carbocycles. The van der Waals surface area contributed by atoms with Crippen molar-refractivity contribution in [3.8, 4) is 11.5 Å². The predicted octanol–water partition coefficient (Wildman–Crippen LogP) is 6.33. The van der Waals surface area contributed by atoms with E-state index in [4.69, 9.17) is 29.5 Å². The Hall–Kier alpha value is -7.50. The third-order valence-electron chi connectivity index (χ3n) is 10.8. The summed E-state index contributed by atoms with van der Waals surface area (Å²) in [5, 5.41) is 22.1. The van der Waals surface area contributed by atoms with Crippen LogP contribution in [0.15, 0.2) is 106 Å². The Bertz CT molecular complexity index is 3130. The fourth-order valence-corrected chi connectivity index (χ4v) is 10.8. The lowest BCUT2D eigenvalue weighted by molar-refractivity contribution is -0.154. The molecule has 1 fully saturated rings. The van der Waals surface area contributed by atoms with Crippen LogP contribution in [-0.2, 0) is 35.3 Å². The largest absolute Gasteiger partial charge is 0.475 e. The fraction of sp³-hybridized carbons (Fsp3) is 0.292. The van der Waals surface area contributed by atoms with Gasteiger partial charge in [-0.2, -0.15) is 9.50 Å². The molecule has 9 rings (SSSR count). The minimum absolute atomic E-state index is 0.00421. The number of rotatable bonds is 15. The average Bonchev–Trinajstić information content (AvgIpc) is 4.06. The Balaban J connectivity index is 0.989. The lowest BCUT2D eigenvalue weighted by Gasteiger charge is -2.49. The van der Waals surface area contributed by atoms with Crippen molar-refractivity contribution in [2.24, 2.45) is 5.16 Å². The molecule has 0 aliphatic carbocycles. The Labute approximate surface area is 418 Å². The number of oxime groups is 1. The molecule has 4 N–H and O–H groups in total. The van der Waals surface area contributed by atoms with Gasteiger partial charge in [0.25, 0.3) is 23.4 Å². The van der Waals surface area contributed by atoms with Gasteiger partial charge in [-0.05, 0) is 56.5 Å². The van der Waals surface area contributed by atoms with E-state index in [1.165, 1.54) is 44.4 Å². The Morgan fingerprint density at radius 3 is 2.32 bits per heavy atom. The molecule has 0 radical (unpaired) electrons. The first-order valence-electron chi connectivity index (χ1n) is 21.9. The zero-order valence-electron chi connectivity index (χ0n) is 38.9. The lowest BCUT2D eigenvalue weighted by Crippen LogP contribution is -2.71. The summed E-state index contributed by atoms with van der Waals surface area (Å²) in [4.78, 5) is 88.1. The molecule has 3 aromatic heterocycles. The van der Waals surface area contributed by atoms with Crippen molar-refractivity contribution in [2.75, 3.05) is 17.2 Å². The Kier molecular flexibility index (Phi) is 13.2. The highest BCUT2D eigenvalue weighted by molar-refractivity contribution is 8.01. The number of hydrogen-bond donors (Lipinski definition) is 3. The van der Waals surface area contributed by atoms with Crippen LogP contribution in [0.5, 0.6) is 11.5 Å². The first kappa shape index (κ1) is 48.5. The van der Waals surface area contributed by atoms with E-state index in [1.807, 2.05) is 60.7 Å². The maximum atomic E-state index is 14.8. The van der Waals surface area contributed by atoms with E-state index >= 15 is 0 Å². The Morgan fingerprint density at radius 1 is 0.986 bits per heavy atom. The van der Waals surface area contributed by atoms with Crippen LogP contribution in [-0.4, -0.2) is 104 Å². The molecule has 2 amide bonds. The number of nitrogens with two attached hydrogens (primary N) is 1. The minimum atomic E-state index is -1.32. The van der Waals surface area contributed by atoms with Crippen LogP contribution in [0, 0.1) is 6.92 Å². The number of β-lactam (4-membered cyclic amide) rings is 1. The molecule has 3 aliphatic rings. The second-order valence-electron chi connectivity index (χ2n) is 17.7. The molecule has 20 nitrogen and oxygen atoms in total. The van der Waals surface area contributed by atoms with Crippen LogP contribution in [0.4, 0.5) is 5.13 Å². The zero-order valence-corrected chi connectivity index (χ0v) is 41.3. The van der Waals surface area contributed by atoms with Crippen LogP contribution >= 0.6 is 34.9 Å². The number of esters is 2. The molecule has 1 saturated heterocycles. The van der Waals surface area contributed by atoms with Crippen LogP contribution in [0.2, 0.25) is 0 Å². The van der Waals surface area contributed by atoms with Crippen molar-refractivity contribution in [2.45, 2.75) is 82.1 Å². The molecule has 0 bridgehead atoms. The van der Waals surface area contributed by atoms with E-state index in [-0.39, 0.29) is 63.2 Å². The number of thioether (sulfide) groups is 2. The molecule has 2 atom stereocenters. The topological polar surface area (TPSA) is 261 Å². The second kappa shape index (κ2) is 19.4. The van der Waals surface area contributed by atoms with Gasteiger partial charge in [0.15, 0.2) is 28.4 Å². The SMILES string of the molecule is Cc1cc(SCC2=C(C(=O)OC(c3ccccc3)c3ccccc3)N3C(=O)[C@@H](NC(=O)C(=NOCc4ccc(C(=O)OC(C)(C)C)c5c4OC(C)(C)O5)c4csc(N)n4)[C@H]3SC2)n2nc(C(=O)O)nc2n1. The van der Waals surface area contributed by atoms with Gasteiger partial charge in [0, 0.05) is 42.0 Å². The number of aromatic nitrogens is 5. The monoisotopic (exact) mass is 1020 g/mol. The van der Waals surface area contributed by atoms with Crippen molar-refractivity contribution in [1.29, 1.82) is 0 Å². The summed E-state index contributed by atoms with van der Waals surface area (Å²) in [7, 11) is 0. The number of carboxylic acids is 1. The number of aryl methyl sites for hydroxylation is 1. The average molecular weight is 1020 g/mol. The number of nitrogen functional groups attached to an aromatic ring is 1. The third kappa shape index (κ3) is 10.2. The maximum Gasteiger partial charge on any atom is 0.375 e. The second-order valence-corrected chi connectivity index (χ2v) is 20.7. The highest BCUT2D eigenvalue weighted by Gasteiger charge is 2.55. The van der Waals surface area contributed by atoms with Crippen molar-refractivity contribution >= 4 is 81.2 Å². The summed E-state index contributed by atoms with van der Waals surface area (Å²) in [5.74, 6) is -4.80. The van der Waals surface area contributed by atoms with Gasteiger partial charge in [-0.1, -0.05) is 71.9 Å². The van der Waals surface area contributed by atoms with E-state index in [9.17, 15) is 29.1 Å². The van der Waals surface area contributed by atoms with E-state index in [0.717, 1.165) is 11.3 Å². The molecule has 6 aromatic rings. The van der Waals surface area contributed by atoms with E-state index in [1.54, 1.807) is 53.7 Å². The van der Waals surface area contributed by atoms with Crippen LogP contribution < -0.4 is 20.5 Å². The minimum Gasteiger partial charge on any atom is -0.475 e. The molecule has 3 aliphatic heterocycles. The van der Waals surface area contributed by atoms with Crippen molar-refractivity contribution < 1.29 is 52.9 Å². The number of hydrogen-bond acceptors (Lipinski definition) is 19. The summed E-state index contributed by atoms with van der Waals surface area (Å²) in [6, 6.07) is 22.1. The lowest BCUT2D eigenvalue weighted by atomic mass is 10.0. The maximum absolute atomic E-state index is 14.8. The molecular weight excluding hydrogens is 975 g/mol. The number of carbonyl (C=O) groups excluding carboxylic acids is 4. The molecule has 366 valence electrons. The number of carbonyl (C=O) groups is 5. The number of benzene rings is 3. The molecule has 71 heavy (non-hydrogen) atoms. The first-order valence-corrected chi connectivity index (χ1v) is 24.8. The van der Waals surface area contributed by atoms with Crippen LogP contribution in [0.1, 0.15) is 89.8 Å². The number of ether oxygens (including phenoxy) is 4. The molecule has 6 heterocycles. The third-order valence-corrected chi connectivity index (χ3v) is 13.9. The van der Waals surface area contributed by atoms with Gasteiger partial charge in [0.1, 0.15) is 45.6 Å². The number of aromatic carboxylic acids is 1. The number of amides is 2. The van der Waals surface area contributed by atoms with Gasteiger partial charge >= 0.3 is 17.9 Å². The zero-order chi connectivity index (χ0) is 50.4. The molecule has 0 unspecified atom stereocenters. The normalized spacial score (nSPS) is 17.2. The van der Waals surface area contributed by atoms with E-state index < -0.39 is 64.5 Å². The summed E-state index contributed by atoms with van der Waals surface area (Å²) < 4.78 is 25.3. The fourth-order valence-electron chi connectivity index (χ4n) is 7.75. The predicted molar refractivity (Wildman–Crippen MR) is 261 cm³/mol. The standard InChI is InChI=1S/C48H45N9O11S3/c1-24-19-31(57-46(50-24)53-38(54-57)42(60)61)69-21-28-22-70-41-33(40(59)56(41)34(28)44(63)65-35(25-13-9-7-10-14-25)26-15-11-8-12-16-26)52-39(58)32(30-23-71-45(49)51-30)55-64-20-27-17-18-29(43(62)68-47(2,3)4)37-36(27)66-48(5,6)67-37/h7-19,23,33,35,41H,20-22H2,1-6H3,(H2,49,51)(H,52,58)(H,60,61)/t33-,41-/m1/s1. The number of fused-ring (bicyclic) bond motifs is 3. The quantitative estimate of drug-likeness (QED) is 0.0253. The number of nitrogens with one attached hydrogen (secondary N) is 1. The summed E-state index contributed by atoms with van der Waals surface area (Å²) in [6.07, 6.45) is -0.850. The van der Waals surface area contributed by atoms with E-state index in [0.29, 0.717) is 33.0 Å². The molecule has 23 heteroatoms. The summed E-state index contributed by atoms with van der Waals surface area (Å²) in [6.45, 7) is 10.1. The highest BCUT2D eigenvalue weighted by atomic mass is 32.2. The smallest absolute Gasteiger partial charge is 0.375 e. The highest BCUT2D eigenvalue weighted by Crippen LogP contribution is 2.46. The van der Waals surface area contributed by atoms with Gasteiger partial charge < -0.3 is 39.9 Å².